The minimum atomic E-state index is -0.753. The van der Waals surface area contributed by atoms with Crippen LogP contribution in [-0.4, -0.2) is 17.0 Å². The number of amides is 1. The van der Waals surface area contributed by atoms with Gasteiger partial charge in [0.15, 0.2) is 0 Å². The highest BCUT2D eigenvalue weighted by atomic mass is 16.4. The van der Waals surface area contributed by atoms with Gasteiger partial charge >= 0.3 is 5.97 Å². The quantitative estimate of drug-likeness (QED) is 0.786. The predicted molar refractivity (Wildman–Crippen MR) is 68.5 cm³/mol. The summed E-state index contributed by atoms with van der Waals surface area (Å²) in [6.07, 6.45) is 3.11. The Morgan fingerprint density at radius 1 is 1.33 bits per heavy atom. The van der Waals surface area contributed by atoms with Crippen LogP contribution in [-0.2, 0) is 9.59 Å². The Morgan fingerprint density at radius 3 is 2.89 bits per heavy atom. The number of fused-ring (bicyclic) bond motifs is 1. The Kier molecular flexibility index (Phi) is 3.97. The Labute approximate surface area is 106 Å². The lowest BCUT2D eigenvalue weighted by atomic mass is 9.86. The van der Waals surface area contributed by atoms with Gasteiger partial charge in [0.25, 0.3) is 0 Å². The molecule has 1 aromatic rings. The lowest BCUT2D eigenvalue weighted by Crippen LogP contribution is -2.22. The molecule has 4 nitrogen and oxygen atoms in total. The van der Waals surface area contributed by atoms with E-state index in [1.165, 1.54) is 5.56 Å². The standard InChI is InChI=1S/C14H17NO3/c16-13-9-10(5-1-4-8-14(17)18)11-6-2-3-7-12(11)15-13/h2-3,6-7,10H,1,4-5,8-9H2,(H,15,16)(H,17,18). The number of hydrogen-bond donors (Lipinski definition) is 2. The van der Waals surface area contributed by atoms with Crippen LogP contribution in [0.3, 0.4) is 0 Å². The van der Waals surface area contributed by atoms with E-state index < -0.39 is 5.97 Å². The third kappa shape index (κ3) is 3.09. The van der Waals surface area contributed by atoms with E-state index in [-0.39, 0.29) is 18.2 Å². The van der Waals surface area contributed by atoms with Crippen molar-refractivity contribution in [2.45, 2.75) is 38.0 Å². The monoisotopic (exact) mass is 247 g/mol. The second kappa shape index (κ2) is 5.67. The average molecular weight is 247 g/mol. The molecule has 1 atom stereocenters. The van der Waals surface area contributed by atoms with Gasteiger partial charge in [0.1, 0.15) is 0 Å². The largest absolute Gasteiger partial charge is 0.481 e. The van der Waals surface area contributed by atoms with Crippen LogP contribution in [0.1, 0.15) is 43.6 Å². The molecule has 1 aliphatic rings. The minimum absolute atomic E-state index is 0.0527. The molecule has 1 aromatic carbocycles. The second-order valence-electron chi connectivity index (χ2n) is 4.68. The highest BCUT2D eigenvalue weighted by molar-refractivity contribution is 5.94. The maximum atomic E-state index is 11.6. The number of carboxylic acids is 1. The van der Waals surface area contributed by atoms with Gasteiger partial charge in [-0.25, -0.2) is 0 Å². The van der Waals surface area contributed by atoms with E-state index in [9.17, 15) is 9.59 Å². The van der Waals surface area contributed by atoms with Gasteiger partial charge in [0.2, 0.25) is 5.91 Å². The molecule has 96 valence electrons. The zero-order valence-electron chi connectivity index (χ0n) is 10.2. The average Bonchev–Trinajstić information content (AvgIpc) is 2.34. The summed E-state index contributed by atoms with van der Waals surface area (Å²) in [6, 6.07) is 7.83. The number of anilines is 1. The molecule has 0 aromatic heterocycles. The first-order chi connectivity index (χ1) is 8.66. The highest BCUT2D eigenvalue weighted by Crippen LogP contribution is 2.35. The molecule has 1 amide bonds. The molecule has 0 saturated heterocycles. The Bertz CT molecular complexity index is 456. The molecule has 4 heteroatoms. The lowest BCUT2D eigenvalue weighted by Gasteiger charge is -2.25. The molecule has 2 rings (SSSR count). The van der Waals surface area contributed by atoms with Gasteiger partial charge in [0.05, 0.1) is 0 Å². The van der Waals surface area contributed by atoms with Crippen molar-refractivity contribution in [1.82, 2.24) is 0 Å². The number of para-hydroxylation sites is 1. The zero-order valence-corrected chi connectivity index (χ0v) is 10.2. The molecule has 0 saturated carbocycles. The van der Waals surface area contributed by atoms with E-state index in [0.717, 1.165) is 18.5 Å². The first-order valence-corrected chi connectivity index (χ1v) is 6.27. The molecule has 2 N–H and O–H groups in total. The van der Waals surface area contributed by atoms with Gasteiger partial charge in [0, 0.05) is 18.5 Å². The number of carboxylic acid groups (broad SMARTS) is 1. The van der Waals surface area contributed by atoms with Crippen molar-refractivity contribution in [3.8, 4) is 0 Å². The van der Waals surface area contributed by atoms with Crippen molar-refractivity contribution in [1.29, 1.82) is 0 Å². The molecule has 18 heavy (non-hydrogen) atoms. The maximum absolute atomic E-state index is 11.6. The number of carbonyl (C=O) groups excluding carboxylic acids is 1. The molecule has 0 spiro atoms. The van der Waals surface area contributed by atoms with E-state index >= 15 is 0 Å². The summed E-state index contributed by atoms with van der Waals surface area (Å²) in [6.45, 7) is 0. The Balaban J connectivity index is 1.96. The van der Waals surface area contributed by atoms with Crippen LogP contribution in [0.5, 0.6) is 0 Å². The number of hydrogen-bond acceptors (Lipinski definition) is 2. The predicted octanol–water partition coefficient (Wildman–Crippen LogP) is 2.76. The summed E-state index contributed by atoms with van der Waals surface area (Å²) in [4.78, 5) is 22.0. The van der Waals surface area contributed by atoms with Crippen molar-refractivity contribution < 1.29 is 14.7 Å². The van der Waals surface area contributed by atoms with Crippen LogP contribution in [0.4, 0.5) is 5.69 Å². The summed E-state index contributed by atoms with van der Waals surface area (Å²) < 4.78 is 0. The third-order valence-electron chi connectivity index (χ3n) is 3.30. The molecular weight excluding hydrogens is 230 g/mol. The van der Waals surface area contributed by atoms with Crippen LogP contribution in [0, 0.1) is 0 Å². The highest BCUT2D eigenvalue weighted by Gasteiger charge is 2.23. The summed E-state index contributed by atoms with van der Waals surface area (Å²) in [5.74, 6) is -0.475. The summed E-state index contributed by atoms with van der Waals surface area (Å²) in [7, 11) is 0. The maximum Gasteiger partial charge on any atom is 0.303 e. The minimum Gasteiger partial charge on any atom is -0.481 e. The van der Waals surface area contributed by atoms with E-state index in [4.69, 9.17) is 5.11 Å². The summed E-state index contributed by atoms with van der Waals surface area (Å²) in [5.41, 5.74) is 2.07. The van der Waals surface area contributed by atoms with E-state index in [0.29, 0.717) is 12.8 Å². The van der Waals surface area contributed by atoms with Crippen molar-refractivity contribution in [2.75, 3.05) is 5.32 Å². The number of benzene rings is 1. The van der Waals surface area contributed by atoms with Gasteiger partial charge in [-0.3, -0.25) is 9.59 Å². The van der Waals surface area contributed by atoms with Crippen LogP contribution in [0.25, 0.3) is 0 Å². The van der Waals surface area contributed by atoms with Crippen molar-refractivity contribution >= 4 is 17.6 Å². The fourth-order valence-electron chi connectivity index (χ4n) is 2.43. The normalized spacial score (nSPS) is 18.0. The van der Waals surface area contributed by atoms with Gasteiger partial charge in [-0.1, -0.05) is 24.6 Å². The van der Waals surface area contributed by atoms with Gasteiger partial charge in [-0.15, -0.1) is 0 Å². The lowest BCUT2D eigenvalue weighted by molar-refractivity contribution is -0.137. The van der Waals surface area contributed by atoms with Crippen LogP contribution >= 0.6 is 0 Å². The molecule has 1 aliphatic heterocycles. The molecule has 0 bridgehead atoms. The zero-order chi connectivity index (χ0) is 13.0. The topological polar surface area (TPSA) is 66.4 Å². The van der Waals surface area contributed by atoms with Crippen molar-refractivity contribution in [2.24, 2.45) is 0 Å². The van der Waals surface area contributed by atoms with Crippen LogP contribution < -0.4 is 5.32 Å². The molecule has 1 unspecified atom stereocenters. The molecule has 0 aliphatic carbocycles. The number of aliphatic carboxylic acids is 1. The number of nitrogens with one attached hydrogen (secondary N) is 1. The fourth-order valence-corrected chi connectivity index (χ4v) is 2.43. The Morgan fingerprint density at radius 2 is 2.11 bits per heavy atom. The molecule has 0 radical (unpaired) electrons. The third-order valence-corrected chi connectivity index (χ3v) is 3.30. The smallest absolute Gasteiger partial charge is 0.303 e. The van der Waals surface area contributed by atoms with E-state index in [1.807, 2.05) is 24.3 Å². The Hall–Kier alpha value is -1.84. The number of unbranched alkanes of at least 4 members (excludes halogenated alkanes) is 1. The molecular formula is C14H17NO3. The van der Waals surface area contributed by atoms with Gasteiger partial charge < -0.3 is 10.4 Å². The number of carbonyl (C=O) groups is 2. The number of rotatable bonds is 5. The SMILES string of the molecule is O=C(O)CCCCC1CC(=O)Nc2ccccc21. The molecule has 1 heterocycles. The van der Waals surface area contributed by atoms with E-state index in [2.05, 4.69) is 5.32 Å². The first-order valence-electron chi connectivity index (χ1n) is 6.27. The van der Waals surface area contributed by atoms with E-state index in [1.54, 1.807) is 0 Å². The second-order valence-corrected chi connectivity index (χ2v) is 4.68. The van der Waals surface area contributed by atoms with Gasteiger partial charge in [-0.2, -0.15) is 0 Å². The fraction of sp³-hybridized carbons (Fsp3) is 0.429. The summed E-state index contributed by atoms with van der Waals surface area (Å²) >= 11 is 0. The molecule has 0 fully saturated rings. The summed E-state index contributed by atoms with van der Waals surface area (Å²) in [5, 5.41) is 11.5. The van der Waals surface area contributed by atoms with Crippen molar-refractivity contribution in [3.63, 3.8) is 0 Å². The first kappa shape index (κ1) is 12.6. The van der Waals surface area contributed by atoms with Crippen molar-refractivity contribution in [3.05, 3.63) is 29.8 Å². The van der Waals surface area contributed by atoms with Crippen LogP contribution in [0.15, 0.2) is 24.3 Å². The van der Waals surface area contributed by atoms with Crippen LogP contribution in [0.2, 0.25) is 0 Å². The van der Waals surface area contributed by atoms with Gasteiger partial charge in [-0.05, 0) is 30.4 Å².